The van der Waals surface area contributed by atoms with Crippen molar-refractivity contribution in [2.45, 2.75) is 69.4 Å². The fourth-order valence-corrected chi connectivity index (χ4v) is 4.73. The number of nitrogens with one attached hydrogen (secondary N) is 2. The lowest BCUT2D eigenvalue weighted by Crippen LogP contribution is -3.12. The summed E-state index contributed by atoms with van der Waals surface area (Å²) in [6.45, 7) is 10.4. The zero-order valence-electron chi connectivity index (χ0n) is 18.6. The molecule has 164 valence electrons. The molecular formula is C22H34N5O2S+. The standard InChI is InChI=1S/C22H33N5O2S/c1-15(2)23-21(28)17(4)30-22-25-24-20(16(3)26-13-7-6-8-14-26)27(22)18-9-11-19(29-5)12-10-18/h9-12,15-17H,6-8,13-14H2,1-5H3,(H,23,28)/p+1/t16-,17-/m0/s1. The van der Waals surface area contributed by atoms with Crippen LogP contribution >= 0.6 is 11.8 Å². The number of ether oxygens (including phenoxy) is 1. The highest BCUT2D eigenvalue weighted by Crippen LogP contribution is 2.28. The van der Waals surface area contributed by atoms with Gasteiger partial charge >= 0.3 is 0 Å². The molecule has 3 rings (SSSR count). The van der Waals surface area contributed by atoms with Crippen molar-refractivity contribution in [3.05, 3.63) is 30.1 Å². The molecule has 1 saturated heterocycles. The van der Waals surface area contributed by atoms with Crippen molar-refractivity contribution in [3.63, 3.8) is 0 Å². The summed E-state index contributed by atoms with van der Waals surface area (Å²) >= 11 is 1.45. The molecule has 1 aromatic heterocycles. The molecule has 8 heteroatoms. The topological polar surface area (TPSA) is 73.5 Å². The van der Waals surface area contributed by atoms with Crippen LogP contribution in [-0.2, 0) is 4.79 Å². The molecule has 1 aliphatic heterocycles. The van der Waals surface area contributed by atoms with Crippen molar-refractivity contribution in [1.82, 2.24) is 20.1 Å². The van der Waals surface area contributed by atoms with Gasteiger partial charge in [0.15, 0.2) is 11.0 Å². The highest BCUT2D eigenvalue weighted by atomic mass is 32.2. The average molecular weight is 433 g/mol. The number of methoxy groups -OCH3 is 1. The van der Waals surface area contributed by atoms with Gasteiger partial charge in [0.25, 0.3) is 0 Å². The monoisotopic (exact) mass is 432 g/mol. The lowest BCUT2D eigenvalue weighted by molar-refractivity contribution is -0.935. The first-order valence-corrected chi connectivity index (χ1v) is 11.7. The van der Waals surface area contributed by atoms with Gasteiger partial charge in [0, 0.05) is 11.7 Å². The number of quaternary nitrogens is 1. The molecule has 1 aromatic carbocycles. The van der Waals surface area contributed by atoms with Gasteiger partial charge in [-0.3, -0.25) is 9.36 Å². The van der Waals surface area contributed by atoms with E-state index >= 15 is 0 Å². The molecule has 0 spiro atoms. The Morgan fingerprint density at radius 1 is 1.10 bits per heavy atom. The number of likely N-dealkylation sites (tertiary alicyclic amines) is 1. The molecular weight excluding hydrogens is 398 g/mol. The summed E-state index contributed by atoms with van der Waals surface area (Å²) in [7, 11) is 1.66. The number of hydrogen-bond acceptors (Lipinski definition) is 5. The maximum absolute atomic E-state index is 12.5. The molecule has 1 fully saturated rings. The number of amides is 1. The third-order valence-corrected chi connectivity index (χ3v) is 6.61. The van der Waals surface area contributed by atoms with E-state index in [-0.39, 0.29) is 23.2 Å². The van der Waals surface area contributed by atoms with E-state index in [4.69, 9.17) is 4.74 Å². The van der Waals surface area contributed by atoms with Crippen LogP contribution in [0.3, 0.4) is 0 Å². The largest absolute Gasteiger partial charge is 0.497 e. The van der Waals surface area contributed by atoms with Crippen LogP contribution < -0.4 is 15.0 Å². The summed E-state index contributed by atoms with van der Waals surface area (Å²) in [4.78, 5) is 14.0. The smallest absolute Gasteiger partial charge is 0.233 e. The zero-order valence-corrected chi connectivity index (χ0v) is 19.5. The summed E-state index contributed by atoms with van der Waals surface area (Å²) in [5, 5.41) is 12.6. The van der Waals surface area contributed by atoms with E-state index in [2.05, 4.69) is 27.0 Å². The summed E-state index contributed by atoms with van der Waals surface area (Å²) in [6.07, 6.45) is 3.82. The van der Waals surface area contributed by atoms with Crippen LogP contribution in [-0.4, -0.2) is 52.2 Å². The third kappa shape index (κ3) is 5.35. The molecule has 7 nitrogen and oxygen atoms in total. The Kier molecular flexibility index (Phi) is 7.77. The molecule has 0 unspecified atom stereocenters. The minimum absolute atomic E-state index is 0.00975. The number of carbonyl (C=O) groups is 1. The molecule has 1 aliphatic rings. The van der Waals surface area contributed by atoms with E-state index in [9.17, 15) is 4.79 Å². The molecule has 2 atom stereocenters. The van der Waals surface area contributed by atoms with Crippen LogP contribution in [0.5, 0.6) is 5.75 Å². The summed E-state index contributed by atoms with van der Waals surface area (Å²) in [6, 6.07) is 8.27. The molecule has 2 N–H and O–H groups in total. The van der Waals surface area contributed by atoms with E-state index in [1.807, 2.05) is 45.0 Å². The summed E-state index contributed by atoms with van der Waals surface area (Å²) < 4.78 is 7.43. The average Bonchev–Trinajstić information content (AvgIpc) is 3.16. The van der Waals surface area contributed by atoms with Crippen molar-refractivity contribution in [2.24, 2.45) is 0 Å². The lowest BCUT2D eigenvalue weighted by atomic mass is 10.1. The number of thioether (sulfide) groups is 1. The Labute approximate surface area is 183 Å². The minimum atomic E-state index is -0.265. The summed E-state index contributed by atoms with van der Waals surface area (Å²) in [5.74, 6) is 1.76. The normalized spacial score (nSPS) is 17.0. The highest BCUT2D eigenvalue weighted by Gasteiger charge is 2.29. The molecule has 0 saturated carbocycles. The van der Waals surface area contributed by atoms with Gasteiger partial charge in [-0.25, -0.2) is 0 Å². The molecule has 0 bridgehead atoms. The van der Waals surface area contributed by atoms with Gasteiger partial charge in [0.1, 0.15) is 11.8 Å². The van der Waals surface area contributed by atoms with Gasteiger partial charge in [-0.15, -0.1) is 10.2 Å². The molecule has 2 aromatic rings. The number of carbonyl (C=O) groups excluding carboxylic acids is 1. The number of aromatic nitrogens is 3. The van der Waals surface area contributed by atoms with Crippen LogP contribution in [0.15, 0.2) is 29.4 Å². The Morgan fingerprint density at radius 3 is 2.37 bits per heavy atom. The molecule has 30 heavy (non-hydrogen) atoms. The second-order valence-electron chi connectivity index (χ2n) is 8.24. The second-order valence-corrected chi connectivity index (χ2v) is 9.55. The first-order valence-electron chi connectivity index (χ1n) is 10.8. The Bertz CT molecular complexity index is 831. The Hall–Kier alpha value is -2.06. The van der Waals surface area contributed by atoms with E-state index in [0.717, 1.165) is 35.5 Å². The Balaban J connectivity index is 1.93. The maximum Gasteiger partial charge on any atom is 0.233 e. The molecule has 2 heterocycles. The van der Waals surface area contributed by atoms with Crippen molar-refractivity contribution < 1.29 is 14.4 Å². The fraction of sp³-hybridized carbons (Fsp3) is 0.591. The van der Waals surface area contributed by atoms with Crippen molar-refractivity contribution >= 4 is 17.7 Å². The quantitative estimate of drug-likeness (QED) is 0.627. The molecule has 0 aliphatic carbocycles. The third-order valence-electron chi connectivity index (χ3n) is 5.57. The predicted molar refractivity (Wildman–Crippen MR) is 119 cm³/mol. The first-order chi connectivity index (χ1) is 14.4. The van der Waals surface area contributed by atoms with E-state index < -0.39 is 0 Å². The van der Waals surface area contributed by atoms with Crippen LogP contribution in [0.1, 0.15) is 58.8 Å². The Morgan fingerprint density at radius 2 is 1.77 bits per heavy atom. The van der Waals surface area contributed by atoms with Gasteiger partial charge in [-0.05, 0) is 71.2 Å². The van der Waals surface area contributed by atoms with Crippen LogP contribution in [0.2, 0.25) is 0 Å². The number of nitrogens with zero attached hydrogens (tertiary/aromatic N) is 3. The number of hydrogen-bond donors (Lipinski definition) is 2. The summed E-state index contributed by atoms with van der Waals surface area (Å²) in [5.41, 5.74) is 0.984. The van der Waals surface area contributed by atoms with Gasteiger partial charge in [-0.1, -0.05) is 11.8 Å². The van der Waals surface area contributed by atoms with E-state index in [1.165, 1.54) is 31.0 Å². The van der Waals surface area contributed by atoms with Gasteiger partial charge < -0.3 is 15.0 Å². The molecule has 0 radical (unpaired) electrons. The van der Waals surface area contributed by atoms with Crippen molar-refractivity contribution in [2.75, 3.05) is 20.2 Å². The first kappa shape index (κ1) is 22.6. The fourth-order valence-electron chi connectivity index (χ4n) is 3.85. The predicted octanol–water partition coefficient (Wildman–Crippen LogP) is 2.41. The van der Waals surface area contributed by atoms with Crippen LogP contribution in [0, 0.1) is 0 Å². The SMILES string of the molecule is COc1ccc(-n2c(S[C@@H](C)C(=O)NC(C)C)nnc2[C@H](C)[NH+]2CCCCC2)cc1. The van der Waals surface area contributed by atoms with Gasteiger partial charge in [0.05, 0.1) is 25.4 Å². The maximum atomic E-state index is 12.5. The van der Waals surface area contributed by atoms with E-state index in [1.54, 1.807) is 12.0 Å². The van der Waals surface area contributed by atoms with Crippen LogP contribution in [0.4, 0.5) is 0 Å². The number of rotatable bonds is 8. The van der Waals surface area contributed by atoms with Gasteiger partial charge in [0.2, 0.25) is 5.91 Å². The van der Waals surface area contributed by atoms with Crippen molar-refractivity contribution in [3.8, 4) is 11.4 Å². The number of benzene rings is 1. The number of piperidine rings is 1. The highest BCUT2D eigenvalue weighted by molar-refractivity contribution is 8.00. The zero-order chi connectivity index (χ0) is 21.7. The second kappa shape index (κ2) is 10.3. The molecule has 1 amide bonds. The van der Waals surface area contributed by atoms with Gasteiger partial charge in [-0.2, -0.15) is 0 Å². The van der Waals surface area contributed by atoms with Crippen LogP contribution in [0.25, 0.3) is 5.69 Å². The van der Waals surface area contributed by atoms with E-state index in [0.29, 0.717) is 0 Å². The van der Waals surface area contributed by atoms with Crippen molar-refractivity contribution in [1.29, 1.82) is 0 Å². The minimum Gasteiger partial charge on any atom is -0.497 e. The lowest BCUT2D eigenvalue weighted by Gasteiger charge is -2.29.